The van der Waals surface area contributed by atoms with E-state index >= 15 is 0 Å². The SMILES string of the molecule is C[C@H](CCO[Si](C)(C)C(C)(C)C)C[C@@H](C)S(N)(=O)=O. The fourth-order valence-corrected chi connectivity index (χ4v) is 3.21. The molecule has 0 rings (SSSR count). The molecule has 0 spiro atoms. The van der Waals surface area contributed by atoms with E-state index in [2.05, 4.69) is 40.8 Å². The van der Waals surface area contributed by atoms with Crippen molar-refractivity contribution in [2.75, 3.05) is 6.61 Å². The second-order valence-corrected chi connectivity index (χ2v) is 13.9. The van der Waals surface area contributed by atoms with Crippen molar-refractivity contribution < 1.29 is 12.8 Å². The first-order chi connectivity index (χ1) is 8.27. The summed E-state index contributed by atoms with van der Waals surface area (Å²) in [5.41, 5.74) is 0. The summed E-state index contributed by atoms with van der Waals surface area (Å²) in [6, 6.07) is 0. The van der Waals surface area contributed by atoms with Crippen LogP contribution in [0.1, 0.15) is 47.5 Å². The van der Waals surface area contributed by atoms with Crippen LogP contribution in [0, 0.1) is 5.92 Å². The lowest BCUT2D eigenvalue weighted by molar-refractivity contribution is 0.256. The highest BCUT2D eigenvalue weighted by Crippen LogP contribution is 2.36. The molecular weight excluding hydrogens is 278 g/mol. The second kappa shape index (κ2) is 6.69. The van der Waals surface area contributed by atoms with Crippen LogP contribution in [0.25, 0.3) is 0 Å². The van der Waals surface area contributed by atoms with E-state index < -0.39 is 23.6 Å². The van der Waals surface area contributed by atoms with Crippen molar-refractivity contribution in [1.82, 2.24) is 0 Å². The molecule has 116 valence electrons. The average Bonchev–Trinajstić information content (AvgIpc) is 2.13. The van der Waals surface area contributed by atoms with Gasteiger partial charge in [0.15, 0.2) is 8.32 Å². The normalized spacial score (nSPS) is 17.3. The van der Waals surface area contributed by atoms with E-state index in [0.29, 0.717) is 18.9 Å². The first-order valence-corrected chi connectivity index (χ1v) is 11.4. The monoisotopic (exact) mass is 309 g/mol. The predicted octanol–water partition coefficient (Wildman–Crippen LogP) is 3.10. The maximum absolute atomic E-state index is 11.2. The molecule has 2 N–H and O–H groups in total. The summed E-state index contributed by atoms with van der Waals surface area (Å²) in [4.78, 5) is 0. The fourth-order valence-electron chi connectivity index (χ4n) is 1.55. The van der Waals surface area contributed by atoms with Gasteiger partial charge in [-0.2, -0.15) is 0 Å². The Labute approximate surface area is 120 Å². The number of sulfonamides is 1. The van der Waals surface area contributed by atoms with Crippen LogP contribution in [0.3, 0.4) is 0 Å². The average molecular weight is 310 g/mol. The van der Waals surface area contributed by atoms with Crippen molar-refractivity contribution in [2.45, 2.75) is 70.8 Å². The van der Waals surface area contributed by atoms with E-state index in [-0.39, 0.29) is 5.04 Å². The summed E-state index contributed by atoms with van der Waals surface area (Å²) < 4.78 is 28.5. The molecule has 0 aliphatic heterocycles. The van der Waals surface area contributed by atoms with Crippen molar-refractivity contribution in [3.8, 4) is 0 Å². The Morgan fingerprint density at radius 3 is 2.05 bits per heavy atom. The Hall–Kier alpha value is 0.0869. The summed E-state index contributed by atoms with van der Waals surface area (Å²) in [7, 11) is -5.10. The van der Waals surface area contributed by atoms with Crippen LogP contribution in [0.4, 0.5) is 0 Å². The molecule has 0 bridgehead atoms. The molecule has 0 unspecified atom stereocenters. The van der Waals surface area contributed by atoms with Crippen LogP contribution in [0.15, 0.2) is 0 Å². The Balaban J connectivity index is 4.17. The highest BCUT2D eigenvalue weighted by molar-refractivity contribution is 7.89. The predicted molar refractivity (Wildman–Crippen MR) is 84.1 cm³/mol. The number of rotatable bonds is 7. The van der Waals surface area contributed by atoms with Gasteiger partial charge in [0.25, 0.3) is 0 Å². The maximum Gasteiger partial charge on any atom is 0.211 e. The molecule has 0 fully saturated rings. The van der Waals surface area contributed by atoms with Crippen molar-refractivity contribution >= 4 is 18.3 Å². The molecular formula is C13H31NO3SSi. The Bertz CT molecular complexity index is 374. The number of primary sulfonamides is 1. The molecule has 0 radical (unpaired) electrons. The van der Waals surface area contributed by atoms with Gasteiger partial charge < -0.3 is 4.43 Å². The Morgan fingerprint density at radius 2 is 1.68 bits per heavy atom. The van der Waals surface area contributed by atoms with Gasteiger partial charge in [-0.05, 0) is 43.8 Å². The van der Waals surface area contributed by atoms with Crippen LogP contribution < -0.4 is 5.14 Å². The second-order valence-electron chi connectivity index (χ2n) is 7.14. The fraction of sp³-hybridized carbons (Fsp3) is 1.00. The lowest BCUT2D eigenvalue weighted by atomic mass is 10.0. The molecule has 2 atom stereocenters. The molecule has 0 saturated heterocycles. The summed E-state index contributed by atoms with van der Waals surface area (Å²) in [6.45, 7) is 15.5. The summed E-state index contributed by atoms with van der Waals surface area (Å²) >= 11 is 0. The van der Waals surface area contributed by atoms with Gasteiger partial charge in [0.05, 0.1) is 5.25 Å². The van der Waals surface area contributed by atoms with Gasteiger partial charge >= 0.3 is 0 Å². The minimum atomic E-state index is -3.41. The molecule has 6 heteroatoms. The minimum absolute atomic E-state index is 0.212. The largest absolute Gasteiger partial charge is 0.417 e. The van der Waals surface area contributed by atoms with Crippen molar-refractivity contribution in [2.24, 2.45) is 11.1 Å². The highest BCUT2D eigenvalue weighted by atomic mass is 32.2. The molecule has 0 aliphatic carbocycles. The third kappa shape index (κ3) is 6.88. The highest BCUT2D eigenvalue weighted by Gasteiger charge is 2.36. The molecule has 0 amide bonds. The summed E-state index contributed by atoms with van der Waals surface area (Å²) in [5, 5.41) is 4.87. The third-order valence-corrected chi connectivity index (χ3v) is 10.0. The van der Waals surface area contributed by atoms with E-state index in [4.69, 9.17) is 9.56 Å². The zero-order valence-corrected chi connectivity index (χ0v) is 15.3. The molecule has 0 saturated carbocycles. The van der Waals surface area contributed by atoms with E-state index in [9.17, 15) is 8.42 Å². The van der Waals surface area contributed by atoms with E-state index in [0.717, 1.165) is 6.42 Å². The van der Waals surface area contributed by atoms with Crippen LogP contribution in [-0.4, -0.2) is 28.6 Å². The quantitative estimate of drug-likeness (QED) is 0.735. The van der Waals surface area contributed by atoms with Gasteiger partial charge in [-0.25, -0.2) is 13.6 Å². The lowest BCUT2D eigenvalue weighted by Gasteiger charge is -2.36. The van der Waals surface area contributed by atoms with Crippen LogP contribution in [0.2, 0.25) is 18.1 Å². The molecule has 0 aliphatic rings. The molecule has 0 aromatic carbocycles. The standard InChI is InChI=1S/C13H31NO3SSi/c1-11(10-12(2)18(14,15)16)8-9-17-19(6,7)13(3,4)5/h11-12H,8-10H2,1-7H3,(H2,14,15,16)/t11-,12-/m1/s1. The summed E-state index contributed by atoms with van der Waals surface area (Å²) in [5.74, 6) is 0.304. The zero-order valence-electron chi connectivity index (χ0n) is 13.5. The smallest absolute Gasteiger partial charge is 0.211 e. The Kier molecular flexibility index (Phi) is 6.72. The Morgan fingerprint density at radius 1 is 1.21 bits per heavy atom. The van der Waals surface area contributed by atoms with Gasteiger partial charge in [-0.15, -0.1) is 0 Å². The molecule has 0 aromatic heterocycles. The molecule has 0 aromatic rings. The van der Waals surface area contributed by atoms with Crippen molar-refractivity contribution in [1.29, 1.82) is 0 Å². The van der Waals surface area contributed by atoms with Gasteiger partial charge in [0.1, 0.15) is 0 Å². The first kappa shape index (κ1) is 19.1. The minimum Gasteiger partial charge on any atom is -0.417 e. The molecule has 19 heavy (non-hydrogen) atoms. The van der Waals surface area contributed by atoms with Crippen LogP contribution in [0.5, 0.6) is 0 Å². The third-order valence-electron chi connectivity index (χ3n) is 4.17. The lowest BCUT2D eigenvalue weighted by Crippen LogP contribution is -2.41. The van der Waals surface area contributed by atoms with E-state index in [1.807, 2.05) is 0 Å². The number of hydrogen-bond donors (Lipinski definition) is 1. The van der Waals surface area contributed by atoms with Crippen molar-refractivity contribution in [3.05, 3.63) is 0 Å². The van der Waals surface area contributed by atoms with Gasteiger partial charge in [-0.3, -0.25) is 0 Å². The van der Waals surface area contributed by atoms with Crippen molar-refractivity contribution in [3.63, 3.8) is 0 Å². The number of nitrogens with two attached hydrogens (primary N) is 1. The zero-order chi connectivity index (χ0) is 15.5. The number of hydrogen-bond acceptors (Lipinski definition) is 3. The topological polar surface area (TPSA) is 69.4 Å². The first-order valence-electron chi connectivity index (χ1n) is 6.93. The summed E-state index contributed by atoms with van der Waals surface area (Å²) in [6.07, 6.45) is 1.48. The van der Waals surface area contributed by atoms with Gasteiger partial charge in [0.2, 0.25) is 10.0 Å². The maximum atomic E-state index is 11.2. The van der Waals surface area contributed by atoms with Gasteiger partial charge in [-0.1, -0.05) is 27.7 Å². The van der Waals surface area contributed by atoms with Crippen LogP contribution >= 0.6 is 0 Å². The molecule has 0 heterocycles. The van der Waals surface area contributed by atoms with E-state index in [1.54, 1.807) is 6.92 Å². The molecule has 4 nitrogen and oxygen atoms in total. The van der Waals surface area contributed by atoms with Crippen LogP contribution in [-0.2, 0) is 14.4 Å². The van der Waals surface area contributed by atoms with E-state index in [1.165, 1.54) is 0 Å². The van der Waals surface area contributed by atoms with Gasteiger partial charge in [0, 0.05) is 6.61 Å².